The lowest BCUT2D eigenvalue weighted by Crippen LogP contribution is -2.30. The summed E-state index contributed by atoms with van der Waals surface area (Å²) < 4.78 is 39.7. The first-order chi connectivity index (χ1) is 38.2. The molecule has 11 nitrogen and oxygen atoms in total. The van der Waals surface area contributed by atoms with Crippen LogP contribution < -0.4 is 0 Å². The number of aliphatic hydroxyl groups is 1. The quantitative estimate of drug-likeness (QED) is 0.0197. The summed E-state index contributed by atoms with van der Waals surface area (Å²) in [4.78, 5) is 48.8. The smallest absolute Gasteiger partial charge is 0.462 e. The van der Waals surface area contributed by atoms with E-state index in [0.717, 1.165) is 96.3 Å². The summed E-state index contributed by atoms with van der Waals surface area (Å²) in [5, 5.41) is 9.85. The van der Waals surface area contributed by atoms with E-state index < -0.39 is 57.8 Å². The maximum absolute atomic E-state index is 13.0. The van der Waals surface area contributed by atoms with E-state index >= 15 is 0 Å². The summed E-state index contributed by atoms with van der Waals surface area (Å²) in [6.07, 6.45) is 66.2. The van der Waals surface area contributed by atoms with E-state index in [-0.39, 0.29) is 25.9 Å². The van der Waals surface area contributed by atoms with Gasteiger partial charge in [0.15, 0.2) is 6.10 Å². The van der Waals surface area contributed by atoms with E-state index in [1.54, 1.807) is 0 Å². The highest BCUT2D eigenvalue weighted by Crippen LogP contribution is 2.43. The van der Waals surface area contributed by atoms with Crippen molar-refractivity contribution in [3.8, 4) is 0 Å². The number of phosphoric ester groups is 1. The first-order valence-corrected chi connectivity index (χ1v) is 34.0. The second kappa shape index (κ2) is 60.5. The predicted octanol–water partition coefficient (Wildman–Crippen LogP) is 19.7. The molecule has 0 saturated heterocycles. The van der Waals surface area contributed by atoms with Gasteiger partial charge in [-0.2, -0.15) is 0 Å². The Kier molecular flexibility index (Phi) is 58.5. The Morgan fingerprint density at radius 1 is 0.359 bits per heavy atom. The van der Waals surface area contributed by atoms with E-state index in [4.69, 9.17) is 23.3 Å². The Balaban J connectivity index is 4.68. The van der Waals surface area contributed by atoms with E-state index in [1.165, 1.54) is 161 Å². The van der Waals surface area contributed by atoms with Gasteiger partial charge in [0.25, 0.3) is 0 Å². The zero-order valence-corrected chi connectivity index (χ0v) is 51.5. The van der Waals surface area contributed by atoms with Crippen LogP contribution in [0.3, 0.4) is 0 Å². The Labute approximate surface area is 479 Å². The Morgan fingerprint density at radius 3 is 0.974 bits per heavy atom. The maximum Gasteiger partial charge on any atom is 0.472 e. The highest BCUT2D eigenvalue weighted by Gasteiger charge is 2.28. The zero-order valence-electron chi connectivity index (χ0n) is 50.6. The van der Waals surface area contributed by atoms with E-state index in [2.05, 4.69) is 69.4 Å². The minimum absolute atomic E-state index is 0.161. The van der Waals surface area contributed by atoms with Gasteiger partial charge < -0.3 is 24.2 Å². The van der Waals surface area contributed by atoms with Crippen LogP contribution >= 0.6 is 7.82 Å². The van der Waals surface area contributed by atoms with Crippen molar-refractivity contribution in [1.82, 2.24) is 0 Å². The fourth-order valence-electron chi connectivity index (χ4n) is 9.24. The zero-order chi connectivity index (χ0) is 56.9. The molecule has 2 N–H and O–H groups in total. The van der Waals surface area contributed by atoms with Crippen molar-refractivity contribution >= 4 is 25.7 Å². The summed E-state index contributed by atoms with van der Waals surface area (Å²) in [5.41, 5.74) is 0. The molecule has 0 heterocycles. The maximum atomic E-state index is 13.0. The lowest BCUT2D eigenvalue weighted by atomic mass is 10.0. The largest absolute Gasteiger partial charge is 0.472 e. The standard InChI is InChI=1S/C66H121O11P/c1-4-7-10-13-16-19-22-25-28-31-34-37-40-43-46-49-52-55-64(68)73-59-63(77-66(70)57-54-51-48-45-42-39-36-33-30-27-24-21-18-15-12-9-6-3)61-75-78(71,72)74-60-62(58-67)76-65(69)56-53-50-47-44-41-38-35-32-29-26-23-20-17-14-11-8-5-2/h17-18,20-21,26-27,29-30,62-63,67H,4-16,19,22-25,28,31-61H2,1-3H3,(H,71,72)/b20-17-,21-18-,29-26-,30-27-. The van der Waals surface area contributed by atoms with Crippen LogP contribution in [0.15, 0.2) is 48.6 Å². The molecule has 0 bridgehead atoms. The van der Waals surface area contributed by atoms with Gasteiger partial charge in [-0.05, 0) is 83.5 Å². The summed E-state index contributed by atoms with van der Waals surface area (Å²) in [7, 11) is -4.75. The van der Waals surface area contributed by atoms with Gasteiger partial charge in [-0.15, -0.1) is 0 Å². The molecule has 0 spiro atoms. The number of unbranched alkanes of at least 4 members (excludes halogenated alkanes) is 36. The molecule has 456 valence electrons. The van der Waals surface area contributed by atoms with Crippen LogP contribution in [0.4, 0.5) is 0 Å². The molecular formula is C66H121O11P. The number of ether oxygens (including phenoxy) is 3. The fourth-order valence-corrected chi connectivity index (χ4v) is 10.0. The van der Waals surface area contributed by atoms with E-state index in [1.807, 2.05) is 0 Å². The van der Waals surface area contributed by atoms with Gasteiger partial charge in [0.05, 0.1) is 19.8 Å². The normalized spacial score (nSPS) is 13.6. The molecule has 0 saturated carbocycles. The molecule has 3 unspecified atom stereocenters. The third kappa shape index (κ3) is 58.1. The molecule has 12 heteroatoms. The van der Waals surface area contributed by atoms with Crippen LogP contribution in [0.5, 0.6) is 0 Å². The first-order valence-electron chi connectivity index (χ1n) is 32.5. The van der Waals surface area contributed by atoms with Crippen LogP contribution in [-0.2, 0) is 42.2 Å². The van der Waals surface area contributed by atoms with Gasteiger partial charge in [-0.25, -0.2) is 4.57 Å². The molecule has 78 heavy (non-hydrogen) atoms. The number of allylic oxidation sites excluding steroid dienone is 8. The van der Waals surface area contributed by atoms with Crippen molar-refractivity contribution in [2.45, 2.75) is 328 Å². The highest BCUT2D eigenvalue weighted by molar-refractivity contribution is 7.47. The molecule has 0 aliphatic rings. The molecule has 0 amide bonds. The van der Waals surface area contributed by atoms with Crippen LogP contribution in [0.25, 0.3) is 0 Å². The number of carbonyl (C=O) groups is 3. The van der Waals surface area contributed by atoms with Crippen LogP contribution in [0.2, 0.25) is 0 Å². The van der Waals surface area contributed by atoms with Gasteiger partial charge in [0, 0.05) is 19.3 Å². The van der Waals surface area contributed by atoms with Crippen molar-refractivity contribution in [3.05, 3.63) is 48.6 Å². The highest BCUT2D eigenvalue weighted by atomic mass is 31.2. The number of phosphoric acid groups is 1. The molecule has 0 aromatic rings. The Morgan fingerprint density at radius 2 is 0.628 bits per heavy atom. The lowest BCUT2D eigenvalue weighted by molar-refractivity contribution is -0.161. The molecule has 0 aliphatic heterocycles. The second-order valence-corrected chi connectivity index (χ2v) is 23.4. The molecule has 0 rings (SSSR count). The average Bonchev–Trinajstić information content (AvgIpc) is 3.43. The van der Waals surface area contributed by atoms with Crippen LogP contribution in [-0.4, -0.2) is 66.5 Å². The average molecular weight is 1120 g/mol. The molecule has 0 aromatic heterocycles. The fraction of sp³-hybridized carbons (Fsp3) is 0.833. The minimum Gasteiger partial charge on any atom is -0.462 e. The van der Waals surface area contributed by atoms with Crippen molar-refractivity contribution in [3.63, 3.8) is 0 Å². The SMILES string of the molecule is CCCCC/C=C\C/C=C\CCCCCCCCCC(=O)OC(CO)COP(=O)(O)OCC(COC(=O)CCCCCCCCCCCCCCCCCCC)OC(=O)CCCCCCCCC/C=C\C/C=C\CCCCC. The summed E-state index contributed by atoms with van der Waals surface area (Å²) >= 11 is 0. The Bertz CT molecular complexity index is 1490. The second-order valence-electron chi connectivity index (χ2n) is 21.9. The van der Waals surface area contributed by atoms with Gasteiger partial charge in [-0.3, -0.25) is 23.4 Å². The molecule has 0 radical (unpaired) electrons. The minimum atomic E-state index is -4.75. The van der Waals surface area contributed by atoms with Crippen LogP contribution in [0, 0.1) is 0 Å². The third-order valence-electron chi connectivity index (χ3n) is 14.2. The van der Waals surface area contributed by atoms with Gasteiger partial charge >= 0.3 is 25.7 Å². The molecule has 0 aromatic carbocycles. The van der Waals surface area contributed by atoms with Gasteiger partial charge in [0.2, 0.25) is 0 Å². The van der Waals surface area contributed by atoms with Crippen molar-refractivity contribution in [2.75, 3.05) is 26.4 Å². The molecule has 0 aliphatic carbocycles. The summed E-state index contributed by atoms with van der Waals surface area (Å²) in [5.74, 6) is -1.46. The number of hydrogen-bond donors (Lipinski definition) is 2. The molecule has 0 fully saturated rings. The lowest BCUT2D eigenvalue weighted by Gasteiger charge is -2.21. The molecular weight excluding hydrogens is 1000 g/mol. The van der Waals surface area contributed by atoms with Crippen molar-refractivity contribution in [1.29, 1.82) is 0 Å². The third-order valence-corrected chi connectivity index (χ3v) is 15.2. The number of rotatable bonds is 61. The van der Waals surface area contributed by atoms with Crippen molar-refractivity contribution in [2.24, 2.45) is 0 Å². The first kappa shape index (κ1) is 75.4. The number of aliphatic hydroxyl groups excluding tert-OH is 1. The van der Waals surface area contributed by atoms with Crippen molar-refractivity contribution < 1.29 is 52.2 Å². The Hall–Kier alpha value is -2.56. The number of carbonyl (C=O) groups excluding carboxylic acids is 3. The molecule has 3 atom stereocenters. The van der Waals surface area contributed by atoms with E-state index in [9.17, 15) is 28.9 Å². The van der Waals surface area contributed by atoms with Gasteiger partial charge in [0.1, 0.15) is 12.7 Å². The topological polar surface area (TPSA) is 155 Å². The summed E-state index contributed by atoms with van der Waals surface area (Å²) in [6.45, 7) is 4.64. The van der Waals surface area contributed by atoms with Gasteiger partial charge in [-0.1, -0.05) is 262 Å². The van der Waals surface area contributed by atoms with E-state index in [0.29, 0.717) is 19.3 Å². The number of hydrogen-bond acceptors (Lipinski definition) is 10. The predicted molar refractivity (Wildman–Crippen MR) is 325 cm³/mol. The summed E-state index contributed by atoms with van der Waals surface area (Å²) in [6, 6.07) is 0. The monoisotopic (exact) mass is 1120 g/mol. The number of esters is 3. The van der Waals surface area contributed by atoms with Crippen LogP contribution in [0.1, 0.15) is 316 Å².